The van der Waals surface area contributed by atoms with Crippen LogP contribution in [0, 0.1) is 11.6 Å². The topological polar surface area (TPSA) is 15.3 Å². The molecule has 0 radical (unpaired) electrons. The Balaban J connectivity index is 2.10. The van der Waals surface area contributed by atoms with Crippen LogP contribution in [-0.4, -0.2) is 30.1 Å². The van der Waals surface area contributed by atoms with Crippen molar-refractivity contribution in [1.82, 2.24) is 10.2 Å². The van der Waals surface area contributed by atoms with Crippen LogP contribution in [-0.2, 0) is 6.54 Å². The van der Waals surface area contributed by atoms with Crippen molar-refractivity contribution < 1.29 is 8.78 Å². The number of nitrogens with zero attached hydrogens (tertiary/aromatic N) is 1. The first kappa shape index (κ1) is 14.4. The number of hydrogen-bond donors (Lipinski definition) is 1. The molecule has 2 unspecified atom stereocenters. The van der Waals surface area contributed by atoms with E-state index in [1.807, 2.05) is 0 Å². The zero-order valence-electron chi connectivity index (χ0n) is 11.6. The summed E-state index contributed by atoms with van der Waals surface area (Å²) in [6.45, 7) is 6.79. The Hall–Kier alpha value is -1.00. The number of nitrogens with one attached hydrogen (secondary N) is 1. The van der Waals surface area contributed by atoms with Crippen molar-refractivity contribution in [1.29, 1.82) is 0 Å². The molecule has 0 amide bonds. The van der Waals surface area contributed by atoms with Crippen LogP contribution in [0.5, 0.6) is 0 Å². The van der Waals surface area contributed by atoms with E-state index >= 15 is 0 Å². The molecule has 2 nitrogen and oxygen atoms in total. The highest BCUT2D eigenvalue weighted by Crippen LogP contribution is 2.17. The van der Waals surface area contributed by atoms with Gasteiger partial charge in [0.15, 0.2) is 0 Å². The molecule has 19 heavy (non-hydrogen) atoms. The molecule has 0 spiro atoms. The molecule has 2 rings (SSSR count). The Labute approximate surface area is 113 Å². The van der Waals surface area contributed by atoms with Crippen molar-refractivity contribution >= 4 is 0 Å². The molecule has 106 valence electrons. The lowest BCUT2D eigenvalue weighted by Gasteiger charge is -2.29. The first-order valence-electron chi connectivity index (χ1n) is 7.01. The van der Waals surface area contributed by atoms with Crippen LogP contribution in [0.3, 0.4) is 0 Å². The van der Waals surface area contributed by atoms with Crippen molar-refractivity contribution in [2.24, 2.45) is 0 Å². The third-order valence-electron chi connectivity index (χ3n) is 3.95. The van der Waals surface area contributed by atoms with Crippen molar-refractivity contribution in [2.45, 2.75) is 45.3 Å². The van der Waals surface area contributed by atoms with E-state index in [4.69, 9.17) is 0 Å². The first-order valence-corrected chi connectivity index (χ1v) is 7.01. The predicted molar refractivity (Wildman–Crippen MR) is 72.9 cm³/mol. The van der Waals surface area contributed by atoms with E-state index in [9.17, 15) is 8.78 Å². The summed E-state index contributed by atoms with van der Waals surface area (Å²) in [6, 6.07) is 4.71. The molecule has 4 heteroatoms. The van der Waals surface area contributed by atoms with Crippen LogP contribution < -0.4 is 5.32 Å². The predicted octanol–water partition coefficient (Wildman–Crippen LogP) is 2.93. The quantitative estimate of drug-likeness (QED) is 0.906. The summed E-state index contributed by atoms with van der Waals surface area (Å²) in [7, 11) is 0. The van der Waals surface area contributed by atoms with Gasteiger partial charge >= 0.3 is 0 Å². The molecule has 0 bridgehead atoms. The first-order chi connectivity index (χ1) is 9.10. The van der Waals surface area contributed by atoms with Crippen molar-refractivity contribution in [2.75, 3.05) is 13.1 Å². The number of rotatable bonds is 3. The van der Waals surface area contributed by atoms with Crippen molar-refractivity contribution in [3.8, 4) is 0 Å². The summed E-state index contributed by atoms with van der Waals surface area (Å²) in [5.74, 6) is -0.962. The van der Waals surface area contributed by atoms with Crippen LogP contribution in [0.4, 0.5) is 8.78 Å². The maximum absolute atomic E-state index is 13.7. The van der Waals surface area contributed by atoms with Gasteiger partial charge in [0.2, 0.25) is 0 Å². The molecule has 2 atom stereocenters. The summed E-state index contributed by atoms with van der Waals surface area (Å²) >= 11 is 0. The van der Waals surface area contributed by atoms with Gasteiger partial charge in [0.25, 0.3) is 0 Å². The van der Waals surface area contributed by atoms with Crippen LogP contribution >= 0.6 is 0 Å². The Morgan fingerprint density at radius 1 is 1.37 bits per heavy atom. The largest absolute Gasteiger partial charge is 0.313 e. The van der Waals surface area contributed by atoms with Crippen LogP contribution in [0.2, 0.25) is 0 Å². The maximum atomic E-state index is 13.7. The molecule has 1 aromatic rings. The molecule has 0 aromatic heterocycles. The molecule has 1 saturated heterocycles. The monoisotopic (exact) mass is 268 g/mol. The smallest absolute Gasteiger partial charge is 0.130 e. The normalized spacial score (nSPS) is 25.3. The summed E-state index contributed by atoms with van der Waals surface area (Å²) in [5.41, 5.74) is 0.574. The second-order valence-corrected chi connectivity index (χ2v) is 5.36. The van der Waals surface area contributed by atoms with Gasteiger partial charge in [-0.2, -0.15) is 0 Å². The van der Waals surface area contributed by atoms with Gasteiger partial charge < -0.3 is 5.32 Å². The minimum atomic E-state index is -0.515. The average molecular weight is 268 g/mol. The summed E-state index contributed by atoms with van der Waals surface area (Å²) in [6.07, 6.45) is 2.12. The SMILES string of the molecule is CCC1CN(Cc2ccc(F)cc2F)C(C)CCN1. The van der Waals surface area contributed by atoms with Gasteiger partial charge in [-0.25, -0.2) is 8.78 Å². The maximum Gasteiger partial charge on any atom is 0.130 e. The van der Waals surface area contributed by atoms with E-state index in [1.165, 1.54) is 6.07 Å². The summed E-state index contributed by atoms with van der Waals surface area (Å²) < 4.78 is 26.7. The van der Waals surface area contributed by atoms with Gasteiger partial charge in [0.05, 0.1) is 0 Å². The van der Waals surface area contributed by atoms with Gasteiger partial charge in [0.1, 0.15) is 11.6 Å². The van der Waals surface area contributed by atoms with Gasteiger partial charge in [-0.3, -0.25) is 4.90 Å². The molecule has 1 aliphatic rings. The molecular weight excluding hydrogens is 246 g/mol. The highest BCUT2D eigenvalue weighted by atomic mass is 19.1. The van der Waals surface area contributed by atoms with Crippen LogP contribution in [0.15, 0.2) is 18.2 Å². The number of benzene rings is 1. The third-order valence-corrected chi connectivity index (χ3v) is 3.95. The Kier molecular flexibility index (Phi) is 4.88. The molecule has 1 aromatic carbocycles. The Bertz CT molecular complexity index is 423. The van der Waals surface area contributed by atoms with Crippen molar-refractivity contribution in [3.05, 3.63) is 35.4 Å². The Morgan fingerprint density at radius 3 is 2.84 bits per heavy atom. The van der Waals surface area contributed by atoms with Gasteiger partial charge in [-0.05, 0) is 32.4 Å². The lowest BCUT2D eigenvalue weighted by Crippen LogP contribution is -2.39. The van der Waals surface area contributed by atoms with Gasteiger partial charge in [-0.1, -0.05) is 13.0 Å². The zero-order chi connectivity index (χ0) is 13.8. The third kappa shape index (κ3) is 3.74. The summed E-state index contributed by atoms with van der Waals surface area (Å²) in [4.78, 5) is 2.28. The number of hydrogen-bond acceptors (Lipinski definition) is 2. The lowest BCUT2D eigenvalue weighted by molar-refractivity contribution is 0.192. The highest BCUT2D eigenvalue weighted by molar-refractivity contribution is 5.18. The van der Waals surface area contributed by atoms with E-state index in [0.717, 1.165) is 32.0 Å². The molecule has 1 aliphatic heterocycles. The van der Waals surface area contributed by atoms with Crippen molar-refractivity contribution in [3.63, 3.8) is 0 Å². The highest BCUT2D eigenvalue weighted by Gasteiger charge is 2.22. The molecule has 1 heterocycles. The molecule has 1 fully saturated rings. The number of halogens is 2. The van der Waals surface area contributed by atoms with E-state index in [2.05, 4.69) is 24.1 Å². The van der Waals surface area contributed by atoms with Gasteiger partial charge in [-0.15, -0.1) is 0 Å². The van der Waals surface area contributed by atoms with E-state index in [0.29, 0.717) is 24.2 Å². The summed E-state index contributed by atoms with van der Waals surface area (Å²) in [5, 5.41) is 3.51. The molecular formula is C15H22F2N2. The molecule has 0 aliphatic carbocycles. The fourth-order valence-electron chi connectivity index (χ4n) is 2.57. The lowest BCUT2D eigenvalue weighted by atomic mass is 10.1. The fraction of sp³-hybridized carbons (Fsp3) is 0.600. The minimum Gasteiger partial charge on any atom is -0.313 e. The van der Waals surface area contributed by atoms with E-state index in [1.54, 1.807) is 6.07 Å². The Morgan fingerprint density at radius 2 is 2.16 bits per heavy atom. The second kappa shape index (κ2) is 6.44. The van der Waals surface area contributed by atoms with Crippen LogP contribution in [0.25, 0.3) is 0 Å². The molecule has 1 N–H and O–H groups in total. The van der Waals surface area contributed by atoms with E-state index in [-0.39, 0.29) is 0 Å². The van der Waals surface area contributed by atoms with E-state index < -0.39 is 11.6 Å². The zero-order valence-corrected chi connectivity index (χ0v) is 11.6. The average Bonchev–Trinajstić information content (AvgIpc) is 2.55. The minimum absolute atomic E-state index is 0.411. The van der Waals surface area contributed by atoms with Crippen LogP contribution in [0.1, 0.15) is 32.3 Å². The molecule has 0 saturated carbocycles. The van der Waals surface area contributed by atoms with Gasteiger partial charge in [0, 0.05) is 36.8 Å². The standard InChI is InChI=1S/C15H22F2N2/c1-3-14-10-19(11(2)6-7-18-14)9-12-4-5-13(16)8-15(12)17/h4-5,8,11,14,18H,3,6-7,9-10H2,1-2H3. The fourth-order valence-corrected chi connectivity index (χ4v) is 2.57. The second-order valence-electron chi connectivity index (χ2n) is 5.36.